The third-order valence-electron chi connectivity index (χ3n) is 4.49. The molecule has 0 aliphatic carbocycles. The lowest BCUT2D eigenvalue weighted by Crippen LogP contribution is -2.47. The molecular weight excluding hydrogens is 415 g/mol. The molecule has 9 nitrogen and oxygen atoms in total. The molecule has 2 aromatic rings. The average molecular weight is 441 g/mol. The lowest BCUT2D eigenvalue weighted by molar-refractivity contribution is -0.154. The number of guanidine groups is 1. The van der Waals surface area contributed by atoms with E-state index in [9.17, 15) is 13.2 Å². The third-order valence-corrected chi connectivity index (χ3v) is 4.49. The number of pyridine rings is 1. The maximum absolute atomic E-state index is 12.5. The van der Waals surface area contributed by atoms with Crippen molar-refractivity contribution in [1.29, 1.82) is 0 Å². The van der Waals surface area contributed by atoms with Crippen molar-refractivity contribution < 1.29 is 22.6 Å². The van der Waals surface area contributed by atoms with E-state index in [4.69, 9.17) is 9.47 Å². The van der Waals surface area contributed by atoms with Gasteiger partial charge >= 0.3 is 6.18 Å². The van der Waals surface area contributed by atoms with Crippen LogP contribution < -0.4 is 15.4 Å². The molecule has 31 heavy (non-hydrogen) atoms. The Morgan fingerprint density at radius 3 is 2.97 bits per heavy atom. The number of hydrogen-bond donors (Lipinski definition) is 2. The fourth-order valence-corrected chi connectivity index (χ4v) is 3.17. The molecular formula is C19H26F3N7O2. The summed E-state index contributed by atoms with van der Waals surface area (Å²) >= 11 is 0. The van der Waals surface area contributed by atoms with Crippen LogP contribution in [0.4, 0.5) is 13.2 Å². The summed E-state index contributed by atoms with van der Waals surface area (Å²) in [7, 11) is 1.60. The molecule has 1 aliphatic rings. The Morgan fingerprint density at radius 1 is 1.39 bits per heavy atom. The molecule has 1 unspecified atom stereocenters. The Hall–Kier alpha value is -2.89. The summed E-state index contributed by atoms with van der Waals surface area (Å²) < 4.78 is 49.2. The summed E-state index contributed by atoms with van der Waals surface area (Å²) in [5, 5.41) is 11.0. The highest BCUT2D eigenvalue weighted by atomic mass is 19.4. The number of aryl methyl sites for hydroxylation is 1. The molecule has 0 radical (unpaired) electrons. The van der Waals surface area contributed by atoms with Crippen molar-refractivity contribution in [3.05, 3.63) is 35.5 Å². The summed E-state index contributed by atoms with van der Waals surface area (Å²) in [6.07, 6.45) is -1.43. The van der Waals surface area contributed by atoms with Crippen LogP contribution in [0.25, 0.3) is 0 Å². The number of aromatic nitrogens is 4. The van der Waals surface area contributed by atoms with Crippen molar-refractivity contribution in [3.63, 3.8) is 0 Å². The van der Waals surface area contributed by atoms with Gasteiger partial charge in [0.1, 0.15) is 12.4 Å². The van der Waals surface area contributed by atoms with Crippen molar-refractivity contribution in [3.8, 4) is 5.88 Å². The van der Waals surface area contributed by atoms with Gasteiger partial charge in [-0.15, -0.1) is 0 Å². The van der Waals surface area contributed by atoms with Crippen LogP contribution in [0, 0.1) is 0 Å². The maximum Gasteiger partial charge on any atom is 0.422 e. The van der Waals surface area contributed by atoms with Crippen LogP contribution in [0.2, 0.25) is 0 Å². The minimum Gasteiger partial charge on any atom is -0.468 e. The zero-order chi connectivity index (χ0) is 22.3. The van der Waals surface area contributed by atoms with Crippen molar-refractivity contribution in [2.45, 2.75) is 51.7 Å². The van der Waals surface area contributed by atoms with E-state index in [1.807, 2.05) is 11.6 Å². The summed E-state index contributed by atoms with van der Waals surface area (Å²) in [4.78, 5) is 12.9. The number of aliphatic imine (C=N–C) groups is 1. The van der Waals surface area contributed by atoms with Gasteiger partial charge in [0.15, 0.2) is 18.4 Å². The van der Waals surface area contributed by atoms with Gasteiger partial charge in [0.25, 0.3) is 0 Å². The van der Waals surface area contributed by atoms with Gasteiger partial charge in [0.2, 0.25) is 5.88 Å². The number of alkyl halides is 3. The van der Waals surface area contributed by atoms with Crippen LogP contribution in [0.5, 0.6) is 5.88 Å². The molecule has 3 heterocycles. The topological polar surface area (TPSA) is 98.5 Å². The fourth-order valence-electron chi connectivity index (χ4n) is 3.17. The molecule has 3 rings (SSSR count). The van der Waals surface area contributed by atoms with Crippen LogP contribution >= 0.6 is 0 Å². The number of ether oxygens (including phenoxy) is 2. The highest BCUT2D eigenvalue weighted by Gasteiger charge is 2.29. The van der Waals surface area contributed by atoms with Gasteiger partial charge in [-0.05, 0) is 19.4 Å². The average Bonchev–Trinajstić information content (AvgIpc) is 3.12. The van der Waals surface area contributed by atoms with Gasteiger partial charge in [0.05, 0.1) is 13.1 Å². The highest BCUT2D eigenvalue weighted by molar-refractivity contribution is 5.80. The van der Waals surface area contributed by atoms with Gasteiger partial charge in [-0.1, -0.05) is 6.07 Å². The molecule has 1 aliphatic heterocycles. The van der Waals surface area contributed by atoms with Crippen LogP contribution in [0.1, 0.15) is 30.6 Å². The van der Waals surface area contributed by atoms with E-state index >= 15 is 0 Å². The number of rotatable bonds is 8. The van der Waals surface area contributed by atoms with E-state index in [1.54, 1.807) is 19.2 Å². The minimum atomic E-state index is -4.43. The highest BCUT2D eigenvalue weighted by Crippen LogP contribution is 2.20. The second kappa shape index (κ2) is 10.4. The number of hydrogen-bond acceptors (Lipinski definition) is 6. The fraction of sp³-hybridized carbons (Fsp3) is 0.579. The van der Waals surface area contributed by atoms with Gasteiger partial charge in [0, 0.05) is 37.9 Å². The predicted molar refractivity (Wildman–Crippen MR) is 107 cm³/mol. The van der Waals surface area contributed by atoms with Gasteiger partial charge < -0.3 is 20.1 Å². The number of nitrogens with one attached hydrogen (secondary N) is 2. The smallest absolute Gasteiger partial charge is 0.422 e. The molecule has 0 fully saturated rings. The molecule has 2 aromatic heterocycles. The first-order chi connectivity index (χ1) is 14.9. The van der Waals surface area contributed by atoms with Crippen molar-refractivity contribution in [1.82, 2.24) is 30.4 Å². The first-order valence-electron chi connectivity index (χ1n) is 9.97. The Labute approximate surface area is 178 Å². The number of methoxy groups -OCH3 is 1. The molecule has 0 bridgehead atoms. The molecule has 12 heteroatoms. The second-order valence-electron chi connectivity index (χ2n) is 7.01. The zero-order valence-corrected chi connectivity index (χ0v) is 17.4. The number of nitrogens with zero attached hydrogens (tertiary/aromatic N) is 5. The molecule has 0 saturated carbocycles. The molecule has 0 amide bonds. The number of halogens is 3. The molecule has 2 N–H and O–H groups in total. The van der Waals surface area contributed by atoms with Gasteiger partial charge in [-0.25, -0.2) is 19.6 Å². The Morgan fingerprint density at radius 2 is 2.23 bits per heavy atom. The van der Waals surface area contributed by atoms with Crippen molar-refractivity contribution in [2.75, 3.05) is 20.3 Å². The summed E-state index contributed by atoms with van der Waals surface area (Å²) in [6, 6.07) is 3.36. The van der Waals surface area contributed by atoms with Crippen molar-refractivity contribution in [2.24, 2.45) is 4.99 Å². The Balaban J connectivity index is 1.64. The Kier molecular flexibility index (Phi) is 7.66. The third kappa shape index (κ3) is 6.81. The van der Waals surface area contributed by atoms with Gasteiger partial charge in [-0.2, -0.15) is 18.3 Å². The van der Waals surface area contributed by atoms with E-state index < -0.39 is 12.8 Å². The monoisotopic (exact) mass is 441 g/mol. The zero-order valence-electron chi connectivity index (χ0n) is 17.4. The van der Waals surface area contributed by atoms with E-state index in [0.717, 1.165) is 18.7 Å². The van der Waals surface area contributed by atoms with E-state index in [2.05, 4.69) is 30.7 Å². The summed E-state index contributed by atoms with van der Waals surface area (Å²) in [5.41, 5.74) is 0.468. The quantitative estimate of drug-likeness (QED) is 0.476. The predicted octanol–water partition coefficient (Wildman–Crippen LogP) is 1.83. The molecule has 0 saturated heterocycles. The van der Waals surface area contributed by atoms with Crippen LogP contribution in [-0.4, -0.2) is 58.2 Å². The standard InChI is InChI=1S/C19H26F3N7O2/c1-3-23-18(25-9-13-5-4-8-24-17(13)31-12-19(20,21)22)26-14-6-7-16-27-15(11-30-2)28-29(16)10-14/h4-5,8,14H,3,6-7,9-12H2,1-2H3,(H2,23,25,26). The van der Waals surface area contributed by atoms with Crippen LogP contribution in [0.3, 0.4) is 0 Å². The van der Waals surface area contributed by atoms with E-state index in [0.29, 0.717) is 37.0 Å². The first-order valence-corrected chi connectivity index (χ1v) is 9.97. The lowest BCUT2D eigenvalue weighted by Gasteiger charge is -2.25. The second-order valence-corrected chi connectivity index (χ2v) is 7.01. The maximum atomic E-state index is 12.5. The minimum absolute atomic E-state index is 0.0741. The first kappa shape index (κ1) is 22.8. The normalized spacial score (nSPS) is 16.7. The number of fused-ring (bicyclic) bond motifs is 1. The molecule has 170 valence electrons. The van der Waals surface area contributed by atoms with E-state index in [-0.39, 0.29) is 18.5 Å². The van der Waals surface area contributed by atoms with Gasteiger partial charge in [-0.3, -0.25) is 0 Å². The van der Waals surface area contributed by atoms with Crippen molar-refractivity contribution >= 4 is 5.96 Å². The largest absolute Gasteiger partial charge is 0.468 e. The lowest BCUT2D eigenvalue weighted by atomic mass is 10.1. The summed E-state index contributed by atoms with van der Waals surface area (Å²) in [6.45, 7) is 2.29. The van der Waals surface area contributed by atoms with Crippen LogP contribution in [0.15, 0.2) is 23.3 Å². The van der Waals surface area contributed by atoms with Crippen LogP contribution in [-0.2, 0) is 30.9 Å². The summed E-state index contributed by atoms with van der Waals surface area (Å²) in [5.74, 6) is 2.06. The molecule has 1 atom stereocenters. The Bertz CT molecular complexity index is 886. The van der Waals surface area contributed by atoms with E-state index in [1.165, 1.54) is 6.20 Å². The SMILES string of the molecule is CCNC(=NCc1cccnc1OCC(F)(F)F)NC1CCc2nc(COC)nn2C1. The molecule has 0 aromatic carbocycles. The molecule has 0 spiro atoms.